The van der Waals surface area contributed by atoms with Gasteiger partial charge in [-0.25, -0.2) is 0 Å². The van der Waals surface area contributed by atoms with E-state index in [-0.39, 0.29) is 36.1 Å². The van der Waals surface area contributed by atoms with E-state index in [1.54, 1.807) is 7.11 Å². The third kappa shape index (κ3) is 4.55. The number of fused-ring (bicyclic) bond motifs is 2. The number of carbonyl (C=O) groups is 1. The molecule has 0 radical (unpaired) electrons. The molecule has 24 heavy (non-hydrogen) atoms. The maximum absolute atomic E-state index is 12.9. The minimum absolute atomic E-state index is 0. The van der Waals surface area contributed by atoms with Crippen LogP contribution in [-0.2, 0) is 9.53 Å². The number of amides is 1. The molecule has 5 nitrogen and oxygen atoms in total. The minimum atomic E-state index is -0.321. The summed E-state index contributed by atoms with van der Waals surface area (Å²) < 4.78 is 5.39. The van der Waals surface area contributed by atoms with E-state index in [4.69, 9.17) is 4.74 Å². The number of nitrogens with one attached hydrogen (secondary N) is 2. The lowest BCUT2D eigenvalue weighted by atomic mass is 9.77. The molecular formula is C17H33Cl2N3O2. The van der Waals surface area contributed by atoms with Crippen LogP contribution < -0.4 is 10.6 Å². The molecule has 3 aliphatic rings. The smallest absolute Gasteiger partial charge is 0.228 e. The Hall–Kier alpha value is -0.0700. The standard InChI is InChI=1S/C17H31N3O2.2ClH/c1-20-14-4-3-5-15(20)11-13(10-14)19-16(21)17(12-22-2)6-8-18-9-7-17;;/h13-15,18H,3-12H2,1-2H3,(H,19,21);2*1H. The van der Waals surface area contributed by atoms with Crippen molar-refractivity contribution in [3.05, 3.63) is 0 Å². The molecule has 0 aromatic rings. The Kier molecular flexibility index (Phi) is 8.77. The van der Waals surface area contributed by atoms with Crippen LogP contribution >= 0.6 is 24.8 Å². The number of hydrogen-bond acceptors (Lipinski definition) is 4. The van der Waals surface area contributed by atoms with Crippen molar-refractivity contribution in [3.8, 4) is 0 Å². The fraction of sp³-hybridized carbons (Fsp3) is 0.941. The summed E-state index contributed by atoms with van der Waals surface area (Å²) in [7, 11) is 3.96. The Morgan fingerprint density at radius 2 is 1.79 bits per heavy atom. The Labute approximate surface area is 158 Å². The molecule has 0 aliphatic carbocycles. The van der Waals surface area contributed by atoms with Gasteiger partial charge in [0.15, 0.2) is 0 Å². The van der Waals surface area contributed by atoms with Crippen molar-refractivity contribution < 1.29 is 9.53 Å². The molecule has 3 rings (SSSR count). The average molecular weight is 382 g/mol. The van der Waals surface area contributed by atoms with Crippen molar-refractivity contribution in [1.82, 2.24) is 15.5 Å². The Morgan fingerprint density at radius 1 is 1.21 bits per heavy atom. The number of nitrogens with zero attached hydrogens (tertiary/aromatic N) is 1. The molecule has 0 aromatic heterocycles. The third-order valence-electron chi connectivity index (χ3n) is 6.14. The van der Waals surface area contributed by atoms with Crippen molar-refractivity contribution in [2.24, 2.45) is 5.41 Å². The average Bonchev–Trinajstić information content (AvgIpc) is 2.49. The van der Waals surface area contributed by atoms with Gasteiger partial charge in [0.2, 0.25) is 5.91 Å². The molecule has 0 spiro atoms. The number of ether oxygens (including phenoxy) is 1. The van der Waals surface area contributed by atoms with Crippen LogP contribution in [0.25, 0.3) is 0 Å². The first kappa shape index (κ1) is 22.0. The summed E-state index contributed by atoms with van der Waals surface area (Å²) in [6.07, 6.45) is 7.90. The fourth-order valence-electron chi connectivity index (χ4n) is 4.69. The van der Waals surface area contributed by atoms with Crippen molar-refractivity contribution in [2.45, 2.75) is 63.1 Å². The molecule has 3 saturated heterocycles. The van der Waals surface area contributed by atoms with E-state index < -0.39 is 0 Å². The quantitative estimate of drug-likeness (QED) is 0.781. The van der Waals surface area contributed by atoms with E-state index in [2.05, 4.69) is 22.6 Å². The number of rotatable bonds is 4. The summed E-state index contributed by atoms with van der Waals surface area (Å²) >= 11 is 0. The van der Waals surface area contributed by atoms with Crippen molar-refractivity contribution in [2.75, 3.05) is 33.9 Å². The van der Waals surface area contributed by atoms with Crippen LogP contribution in [0.15, 0.2) is 0 Å². The summed E-state index contributed by atoms with van der Waals surface area (Å²) in [5, 5.41) is 6.74. The van der Waals surface area contributed by atoms with Crippen LogP contribution in [0.3, 0.4) is 0 Å². The Balaban J connectivity index is 0.00000144. The number of halogens is 2. The normalized spacial score (nSPS) is 32.2. The molecule has 0 saturated carbocycles. The summed E-state index contributed by atoms with van der Waals surface area (Å²) in [5.41, 5.74) is -0.321. The maximum Gasteiger partial charge on any atom is 0.228 e. The molecule has 3 heterocycles. The zero-order valence-electron chi connectivity index (χ0n) is 14.9. The van der Waals surface area contributed by atoms with Gasteiger partial charge in [0.1, 0.15) is 0 Å². The SMILES string of the molecule is COCC1(C(=O)NC2CC3CCCC(C2)N3C)CCNCC1.Cl.Cl. The van der Waals surface area contributed by atoms with Gasteiger partial charge in [0, 0.05) is 25.2 Å². The molecule has 142 valence electrons. The van der Waals surface area contributed by atoms with Crippen LogP contribution in [0.2, 0.25) is 0 Å². The third-order valence-corrected chi connectivity index (χ3v) is 6.14. The molecule has 2 unspecified atom stereocenters. The summed E-state index contributed by atoms with van der Waals surface area (Å²) in [6, 6.07) is 1.66. The van der Waals surface area contributed by atoms with Crippen LogP contribution in [0.4, 0.5) is 0 Å². The molecular weight excluding hydrogens is 349 g/mol. The predicted molar refractivity (Wildman–Crippen MR) is 101 cm³/mol. The minimum Gasteiger partial charge on any atom is -0.384 e. The topological polar surface area (TPSA) is 53.6 Å². The molecule has 3 aliphatic heterocycles. The second-order valence-electron chi connectivity index (χ2n) is 7.51. The molecule has 0 aromatic carbocycles. The monoisotopic (exact) mass is 381 g/mol. The van der Waals surface area contributed by atoms with Gasteiger partial charge in [-0.05, 0) is 58.7 Å². The molecule has 7 heteroatoms. The number of hydrogen-bond donors (Lipinski definition) is 2. The van der Waals surface area contributed by atoms with Gasteiger partial charge >= 0.3 is 0 Å². The van der Waals surface area contributed by atoms with E-state index in [0.717, 1.165) is 38.8 Å². The van der Waals surface area contributed by atoms with E-state index in [0.29, 0.717) is 24.7 Å². The Bertz CT molecular complexity index is 386. The van der Waals surface area contributed by atoms with Crippen LogP contribution in [0.1, 0.15) is 44.9 Å². The highest BCUT2D eigenvalue weighted by molar-refractivity contribution is 5.85. The fourth-order valence-corrected chi connectivity index (χ4v) is 4.69. The molecule has 2 bridgehead atoms. The largest absolute Gasteiger partial charge is 0.384 e. The second-order valence-corrected chi connectivity index (χ2v) is 7.51. The van der Waals surface area contributed by atoms with Crippen LogP contribution in [0.5, 0.6) is 0 Å². The highest BCUT2D eigenvalue weighted by Gasteiger charge is 2.42. The van der Waals surface area contributed by atoms with Gasteiger partial charge in [0.25, 0.3) is 0 Å². The van der Waals surface area contributed by atoms with Crippen LogP contribution in [-0.4, -0.2) is 62.8 Å². The highest BCUT2D eigenvalue weighted by atomic mass is 35.5. The van der Waals surface area contributed by atoms with E-state index >= 15 is 0 Å². The summed E-state index contributed by atoms with van der Waals surface area (Å²) in [6.45, 7) is 2.37. The first-order valence-electron chi connectivity index (χ1n) is 8.87. The number of carbonyl (C=O) groups excluding carboxylic acids is 1. The molecule has 2 N–H and O–H groups in total. The second kappa shape index (κ2) is 9.58. The lowest BCUT2D eigenvalue weighted by Gasteiger charge is -2.48. The first-order chi connectivity index (χ1) is 10.6. The zero-order valence-corrected chi connectivity index (χ0v) is 16.5. The van der Waals surface area contributed by atoms with Crippen molar-refractivity contribution in [1.29, 1.82) is 0 Å². The van der Waals surface area contributed by atoms with Gasteiger partial charge in [-0.1, -0.05) is 6.42 Å². The summed E-state index contributed by atoms with van der Waals surface area (Å²) in [5.74, 6) is 0.225. The highest BCUT2D eigenvalue weighted by Crippen LogP contribution is 2.34. The number of piperidine rings is 3. The van der Waals surface area contributed by atoms with Gasteiger partial charge in [-0.3, -0.25) is 4.79 Å². The van der Waals surface area contributed by atoms with Gasteiger partial charge in [-0.15, -0.1) is 24.8 Å². The van der Waals surface area contributed by atoms with Crippen LogP contribution in [0, 0.1) is 5.41 Å². The number of methoxy groups -OCH3 is 1. The predicted octanol–water partition coefficient (Wildman–Crippen LogP) is 1.98. The van der Waals surface area contributed by atoms with Crippen molar-refractivity contribution in [3.63, 3.8) is 0 Å². The lowest BCUT2D eigenvalue weighted by Crippen LogP contribution is -2.58. The molecule has 3 fully saturated rings. The van der Waals surface area contributed by atoms with Crippen molar-refractivity contribution >= 4 is 30.7 Å². The molecule has 1 amide bonds. The lowest BCUT2D eigenvalue weighted by molar-refractivity contribution is -0.137. The van der Waals surface area contributed by atoms with Gasteiger partial charge < -0.3 is 20.3 Å². The van der Waals surface area contributed by atoms with Gasteiger partial charge in [0.05, 0.1) is 12.0 Å². The maximum atomic E-state index is 12.9. The Morgan fingerprint density at radius 3 is 2.33 bits per heavy atom. The summed E-state index contributed by atoms with van der Waals surface area (Å²) in [4.78, 5) is 15.5. The zero-order chi connectivity index (χ0) is 15.6. The van der Waals surface area contributed by atoms with E-state index in [1.807, 2.05) is 0 Å². The van der Waals surface area contributed by atoms with Gasteiger partial charge in [-0.2, -0.15) is 0 Å². The van der Waals surface area contributed by atoms with E-state index in [1.165, 1.54) is 19.3 Å². The first-order valence-corrected chi connectivity index (χ1v) is 8.87. The van der Waals surface area contributed by atoms with E-state index in [9.17, 15) is 4.79 Å². The molecule has 2 atom stereocenters.